The third kappa shape index (κ3) is 4.48. The van der Waals surface area contributed by atoms with Gasteiger partial charge in [-0.1, -0.05) is 128 Å². The molecule has 3 heterocycles. The van der Waals surface area contributed by atoms with Crippen molar-refractivity contribution >= 4 is 70.9 Å². The smallest absolute Gasteiger partial charge is 0.264 e. The minimum atomic E-state index is -0.0628. The molecule has 3 aromatic heterocycles. The summed E-state index contributed by atoms with van der Waals surface area (Å²) in [6, 6.07) is 43.1. The van der Waals surface area contributed by atoms with E-state index in [1.54, 1.807) is 16.7 Å². The molecule has 0 aliphatic rings. The number of pyridine rings is 1. The number of allylic oxidation sites excluding steroid dienone is 4. The Morgan fingerprint density at radius 2 is 1.29 bits per heavy atom. The van der Waals surface area contributed by atoms with Gasteiger partial charge in [0.1, 0.15) is 0 Å². The molecule has 0 aliphatic carbocycles. The van der Waals surface area contributed by atoms with Gasteiger partial charge in [-0.05, 0) is 35.7 Å². The number of fused-ring (bicyclic) bond motifs is 11. The lowest BCUT2D eigenvalue weighted by Gasteiger charge is -2.16. The minimum Gasteiger partial charge on any atom is -0.354 e. The number of aromatic amines is 1. The van der Waals surface area contributed by atoms with Crippen LogP contribution < -0.4 is 5.56 Å². The lowest BCUT2D eigenvalue weighted by atomic mass is 9.94. The van der Waals surface area contributed by atoms with Gasteiger partial charge in [-0.2, -0.15) is 5.10 Å². The fourth-order valence-electron chi connectivity index (χ4n) is 7.07. The van der Waals surface area contributed by atoms with E-state index in [1.165, 1.54) is 16.6 Å². The molecule has 5 heteroatoms. The molecule has 9 aromatic rings. The summed E-state index contributed by atoms with van der Waals surface area (Å²) in [6.45, 7) is 7.78. The Balaban J connectivity index is 0.000000176. The number of hydrogen-bond donors (Lipinski definition) is 1. The molecule has 48 heavy (non-hydrogen) atoms. The molecule has 9 rings (SSSR count). The number of nitrogens with zero attached hydrogens (tertiary/aromatic N) is 3. The minimum absolute atomic E-state index is 0.0628. The van der Waals surface area contributed by atoms with Crippen molar-refractivity contribution in [1.82, 2.24) is 19.3 Å². The van der Waals surface area contributed by atoms with Crippen LogP contribution in [0.5, 0.6) is 0 Å². The molecule has 0 saturated carbocycles. The van der Waals surface area contributed by atoms with Crippen molar-refractivity contribution in [3.63, 3.8) is 0 Å². The summed E-state index contributed by atoms with van der Waals surface area (Å²) in [7, 11) is 1.99. The monoisotopic (exact) mass is 620 g/mol. The number of aromatic nitrogens is 4. The molecule has 0 radical (unpaired) electrons. The van der Waals surface area contributed by atoms with Crippen LogP contribution >= 0.6 is 0 Å². The second-order valence-corrected chi connectivity index (χ2v) is 11.8. The Morgan fingerprint density at radius 3 is 2.04 bits per heavy atom. The second kappa shape index (κ2) is 11.7. The first-order valence-electron chi connectivity index (χ1n) is 15.9. The maximum Gasteiger partial charge on any atom is 0.264 e. The number of nitrogens with one attached hydrogen (secondary N) is 1. The van der Waals surface area contributed by atoms with Crippen LogP contribution in [0.4, 0.5) is 0 Å². The molecule has 0 atom stereocenters. The highest BCUT2D eigenvalue weighted by Gasteiger charge is 2.20. The predicted molar refractivity (Wildman–Crippen MR) is 203 cm³/mol. The summed E-state index contributed by atoms with van der Waals surface area (Å²) >= 11 is 0. The summed E-state index contributed by atoms with van der Waals surface area (Å²) in [5.74, 6) is 0. The van der Waals surface area contributed by atoms with Gasteiger partial charge in [-0.25, -0.2) is 0 Å². The maximum atomic E-state index is 14.2. The molecule has 0 spiro atoms. The largest absolute Gasteiger partial charge is 0.354 e. The molecule has 0 bridgehead atoms. The Hall–Kier alpha value is -6.46. The number of H-pyrrole nitrogens is 1. The van der Waals surface area contributed by atoms with Crippen LogP contribution in [0, 0.1) is 0 Å². The SMILES string of the molecule is C=C/C=C(\C=C)n1c(=O)c2c(c3ccccc3c3[nH]c4ccccc4c32)c2ccccc21.Cn1nc2ccccc2c1-c1ccccc1. The summed E-state index contributed by atoms with van der Waals surface area (Å²) < 4.78 is 3.70. The summed E-state index contributed by atoms with van der Waals surface area (Å²) in [4.78, 5) is 17.8. The van der Waals surface area contributed by atoms with Gasteiger partial charge in [-0.15, -0.1) is 0 Å². The number of hydrogen-bond acceptors (Lipinski definition) is 2. The highest BCUT2D eigenvalue weighted by Crippen LogP contribution is 2.40. The van der Waals surface area contributed by atoms with Crippen LogP contribution in [-0.4, -0.2) is 19.3 Å². The first kappa shape index (κ1) is 29.0. The second-order valence-electron chi connectivity index (χ2n) is 11.8. The summed E-state index contributed by atoms with van der Waals surface area (Å²) in [5, 5.41) is 12.6. The Labute approximate surface area is 277 Å². The highest BCUT2D eigenvalue weighted by molar-refractivity contribution is 6.35. The number of rotatable bonds is 4. The van der Waals surface area contributed by atoms with Crippen molar-refractivity contribution in [2.45, 2.75) is 0 Å². The molecule has 0 unspecified atom stereocenters. The van der Waals surface area contributed by atoms with Gasteiger partial charge in [0.05, 0.1) is 27.6 Å². The lowest BCUT2D eigenvalue weighted by molar-refractivity contribution is 0.788. The number of aryl methyl sites for hydroxylation is 1. The molecular formula is C43H32N4O. The normalized spacial score (nSPS) is 11.8. The van der Waals surface area contributed by atoms with Crippen LogP contribution in [0.2, 0.25) is 0 Å². The van der Waals surface area contributed by atoms with Crippen LogP contribution in [0.25, 0.3) is 82.1 Å². The van der Waals surface area contributed by atoms with E-state index in [1.807, 2.05) is 78.5 Å². The van der Waals surface area contributed by atoms with E-state index in [-0.39, 0.29) is 5.56 Å². The number of benzene rings is 6. The number of para-hydroxylation sites is 2. The van der Waals surface area contributed by atoms with E-state index in [0.29, 0.717) is 11.1 Å². The lowest BCUT2D eigenvalue weighted by Crippen LogP contribution is -2.20. The first-order chi connectivity index (χ1) is 23.6. The summed E-state index contributed by atoms with van der Waals surface area (Å²) in [5.41, 5.74) is 6.92. The third-order valence-electron chi connectivity index (χ3n) is 9.05. The van der Waals surface area contributed by atoms with Crippen LogP contribution in [0.3, 0.4) is 0 Å². The van der Waals surface area contributed by atoms with Gasteiger partial charge >= 0.3 is 0 Å². The van der Waals surface area contributed by atoms with Gasteiger partial charge in [0.15, 0.2) is 0 Å². The predicted octanol–water partition coefficient (Wildman–Crippen LogP) is 10.4. The molecule has 5 nitrogen and oxygen atoms in total. The van der Waals surface area contributed by atoms with Crippen LogP contribution in [0.15, 0.2) is 164 Å². The zero-order chi connectivity index (χ0) is 32.8. The molecule has 0 aliphatic heterocycles. The average Bonchev–Trinajstić information content (AvgIpc) is 3.69. The zero-order valence-corrected chi connectivity index (χ0v) is 26.5. The van der Waals surface area contributed by atoms with Crippen LogP contribution in [-0.2, 0) is 7.05 Å². The molecule has 0 amide bonds. The quantitative estimate of drug-likeness (QED) is 0.157. The standard InChI is InChI=1S/C29H20N2O.C14H12N2/c1-3-11-18(4-2)31-24-17-10-8-15-22(24)25-19-12-5-6-13-20(19)28-26(27(25)29(31)32)21-14-7-9-16-23(21)30-28;1-16-14(11-7-3-2-4-8-11)12-9-5-6-10-13(12)15-16/h3-17,30H,1-2H2;2-10H,1H3/b18-11+;. The van der Waals surface area contributed by atoms with Crippen molar-refractivity contribution in [2.24, 2.45) is 7.05 Å². The van der Waals surface area contributed by atoms with Crippen molar-refractivity contribution in [2.75, 3.05) is 0 Å². The van der Waals surface area contributed by atoms with Crippen LogP contribution in [0.1, 0.15) is 0 Å². The van der Waals surface area contributed by atoms with E-state index in [4.69, 9.17) is 0 Å². The van der Waals surface area contributed by atoms with Gasteiger partial charge in [-0.3, -0.25) is 14.0 Å². The maximum absolute atomic E-state index is 14.2. The van der Waals surface area contributed by atoms with Gasteiger partial charge in [0, 0.05) is 56.1 Å². The Morgan fingerprint density at radius 1 is 0.667 bits per heavy atom. The molecule has 0 fully saturated rings. The van der Waals surface area contributed by atoms with Gasteiger partial charge < -0.3 is 4.98 Å². The third-order valence-corrected chi connectivity index (χ3v) is 9.05. The Kier molecular flexibility index (Phi) is 7.07. The van der Waals surface area contributed by atoms with E-state index in [9.17, 15) is 4.79 Å². The zero-order valence-electron chi connectivity index (χ0n) is 26.5. The van der Waals surface area contributed by atoms with E-state index >= 15 is 0 Å². The van der Waals surface area contributed by atoms with E-state index in [2.05, 4.69) is 90.0 Å². The fraction of sp³-hybridized carbons (Fsp3) is 0.0233. The molecular weight excluding hydrogens is 589 g/mol. The van der Waals surface area contributed by atoms with Gasteiger partial charge in [0.25, 0.3) is 5.56 Å². The molecule has 1 N–H and O–H groups in total. The van der Waals surface area contributed by atoms with Crippen molar-refractivity contribution < 1.29 is 0 Å². The van der Waals surface area contributed by atoms with Crippen molar-refractivity contribution in [3.8, 4) is 11.3 Å². The fourth-order valence-corrected chi connectivity index (χ4v) is 7.07. The molecule has 0 saturated heterocycles. The summed E-state index contributed by atoms with van der Waals surface area (Å²) in [6.07, 6.45) is 5.21. The highest BCUT2D eigenvalue weighted by atomic mass is 16.1. The Bertz CT molecular complexity index is 2800. The van der Waals surface area contributed by atoms with E-state index < -0.39 is 0 Å². The molecule has 6 aromatic carbocycles. The molecule has 230 valence electrons. The van der Waals surface area contributed by atoms with Crippen molar-refractivity contribution in [3.05, 3.63) is 169 Å². The van der Waals surface area contributed by atoms with E-state index in [0.717, 1.165) is 54.4 Å². The topological polar surface area (TPSA) is 55.6 Å². The van der Waals surface area contributed by atoms with Gasteiger partial charge in [0.2, 0.25) is 0 Å². The van der Waals surface area contributed by atoms with Crippen molar-refractivity contribution in [1.29, 1.82) is 0 Å². The average molecular weight is 621 g/mol. The first-order valence-corrected chi connectivity index (χ1v) is 15.9.